The van der Waals surface area contributed by atoms with Crippen molar-refractivity contribution in [1.29, 1.82) is 0 Å². The molecule has 0 radical (unpaired) electrons. The van der Waals surface area contributed by atoms with Crippen LogP contribution in [0.2, 0.25) is 0 Å². The van der Waals surface area contributed by atoms with Gasteiger partial charge in [0.25, 0.3) is 10.0 Å². The van der Waals surface area contributed by atoms with E-state index in [1.807, 2.05) is 0 Å². The van der Waals surface area contributed by atoms with Gasteiger partial charge in [-0.3, -0.25) is 4.31 Å². The van der Waals surface area contributed by atoms with E-state index in [1.54, 1.807) is 53.9 Å². The van der Waals surface area contributed by atoms with Crippen LogP contribution in [0.3, 0.4) is 0 Å². The van der Waals surface area contributed by atoms with Crippen LogP contribution in [0, 0.1) is 0 Å². The van der Waals surface area contributed by atoms with Crippen LogP contribution in [0.1, 0.15) is 9.67 Å². The molecule has 3 rings (SSSR count). The van der Waals surface area contributed by atoms with E-state index in [-0.39, 0.29) is 4.90 Å². The Balaban J connectivity index is 1.76. The number of anilines is 1. The number of nitrogens with zero attached hydrogens (tertiary/aromatic N) is 1. The Morgan fingerprint density at radius 2 is 1.59 bits per heavy atom. The van der Waals surface area contributed by atoms with E-state index in [4.69, 9.17) is 9.47 Å². The Labute approximate surface area is 161 Å². The lowest BCUT2D eigenvalue weighted by Gasteiger charge is -2.20. The standard InChI is InChI=1S/C19H17NO5S2/c1-20(27(22,23)17-11-9-15(24-2)10-12-17)14-5-7-16(8-6-14)25-19(21)18-4-3-13-26-18/h3-13H,1-2H3. The minimum Gasteiger partial charge on any atom is -0.497 e. The van der Waals surface area contributed by atoms with Crippen molar-refractivity contribution >= 4 is 33.0 Å². The highest BCUT2D eigenvalue weighted by Crippen LogP contribution is 2.26. The lowest BCUT2D eigenvalue weighted by atomic mass is 10.3. The average Bonchev–Trinajstić information content (AvgIpc) is 3.23. The summed E-state index contributed by atoms with van der Waals surface area (Å²) in [6.07, 6.45) is 0. The third kappa shape index (κ3) is 4.12. The van der Waals surface area contributed by atoms with E-state index in [9.17, 15) is 13.2 Å². The number of hydrogen-bond acceptors (Lipinski definition) is 6. The predicted molar refractivity (Wildman–Crippen MR) is 104 cm³/mol. The van der Waals surface area contributed by atoms with Crippen molar-refractivity contribution in [3.8, 4) is 11.5 Å². The lowest BCUT2D eigenvalue weighted by molar-refractivity contribution is 0.0740. The van der Waals surface area contributed by atoms with Crippen LogP contribution >= 0.6 is 11.3 Å². The molecule has 0 spiro atoms. The summed E-state index contributed by atoms with van der Waals surface area (Å²) < 4.78 is 37.0. The monoisotopic (exact) mass is 403 g/mol. The van der Waals surface area contributed by atoms with Crippen LogP contribution in [0.4, 0.5) is 5.69 Å². The molecule has 27 heavy (non-hydrogen) atoms. The van der Waals surface area contributed by atoms with Crippen molar-refractivity contribution in [3.05, 3.63) is 70.9 Å². The first-order chi connectivity index (χ1) is 12.9. The maximum atomic E-state index is 12.8. The number of esters is 1. The Hall–Kier alpha value is -2.84. The molecule has 0 amide bonds. The molecule has 1 heterocycles. The summed E-state index contributed by atoms with van der Waals surface area (Å²) >= 11 is 1.29. The Bertz CT molecular complexity index is 1010. The molecule has 3 aromatic rings. The van der Waals surface area contributed by atoms with E-state index in [1.165, 1.54) is 41.9 Å². The lowest BCUT2D eigenvalue weighted by Crippen LogP contribution is -2.26. The van der Waals surface area contributed by atoms with Crippen LogP contribution in [-0.2, 0) is 10.0 Å². The molecule has 140 valence electrons. The number of ether oxygens (including phenoxy) is 2. The fourth-order valence-electron chi connectivity index (χ4n) is 2.32. The molecule has 1 aromatic heterocycles. The smallest absolute Gasteiger partial charge is 0.353 e. The van der Waals surface area contributed by atoms with Crippen LogP contribution in [-0.4, -0.2) is 28.5 Å². The summed E-state index contributed by atoms with van der Waals surface area (Å²) in [6.45, 7) is 0. The third-order valence-corrected chi connectivity index (χ3v) is 6.50. The molecule has 2 aromatic carbocycles. The van der Waals surface area contributed by atoms with Gasteiger partial charge in [0, 0.05) is 7.05 Å². The number of hydrogen-bond donors (Lipinski definition) is 0. The van der Waals surface area contributed by atoms with E-state index in [0.717, 1.165) is 0 Å². The molecular formula is C19H17NO5S2. The van der Waals surface area contributed by atoms with Gasteiger partial charge in [-0.15, -0.1) is 11.3 Å². The largest absolute Gasteiger partial charge is 0.497 e. The van der Waals surface area contributed by atoms with Gasteiger partial charge in [-0.25, -0.2) is 13.2 Å². The molecule has 0 fully saturated rings. The number of thiophene rings is 1. The fraction of sp³-hybridized carbons (Fsp3) is 0.105. The maximum absolute atomic E-state index is 12.8. The summed E-state index contributed by atoms with van der Waals surface area (Å²) in [4.78, 5) is 12.6. The first-order valence-electron chi connectivity index (χ1n) is 7.90. The van der Waals surface area contributed by atoms with Gasteiger partial charge < -0.3 is 9.47 Å². The molecule has 0 aliphatic heterocycles. The Morgan fingerprint density at radius 3 is 2.15 bits per heavy atom. The van der Waals surface area contributed by atoms with Gasteiger partial charge >= 0.3 is 5.97 Å². The number of benzene rings is 2. The van der Waals surface area contributed by atoms with Crippen molar-refractivity contribution in [2.24, 2.45) is 0 Å². The minimum absolute atomic E-state index is 0.152. The van der Waals surface area contributed by atoms with Gasteiger partial charge in [-0.05, 0) is 60.0 Å². The van der Waals surface area contributed by atoms with Crippen LogP contribution in [0.5, 0.6) is 11.5 Å². The molecule has 0 N–H and O–H groups in total. The zero-order chi connectivity index (χ0) is 19.4. The molecule has 0 aliphatic carbocycles. The third-order valence-electron chi connectivity index (χ3n) is 3.85. The molecule has 6 nitrogen and oxygen atoms in total. The van der Waals surface area contributed by atoms with E-state index in [0.29, 0.717) is 22.1 Å². The highest BCUT2D eigenvalue weighted by molar-refractivity contribution is 7.92. The second-order valence-corrected chi connectivity index (χ2v) is 8.43. The average molecular weight is 403 g/mol. The number of methoxy groups -OCH3 is 1. The summed E-state index contributed by atoms with van der Waals surface area (Å²) in [6, 6.07) is 15.9. The summed E-state index contributed by atoms with van der Waals surface area (Å²) in [7, 11) is -0.736. The SMILES string of the molecule is COc1ccc(S(=O)(=O)N(C)c2ccc(OC(=O)c3cccs3)cc2)cc1. The first-order valence-corrected chi connectivity index (χ1v) is 10.2. The normalized spacial score (nSPS) is 11.0. The molecule has 0 atom stereocenters. The van der Waals surface area contributed by atoms with Crippen molar-refractivity contribution in [1.82, 2.24) is 0 Å². The van der Waals surface area contributed by atoms with Gasteiger partial charge in [-0.1, -0.05) is 6.07 Å². The van der Waals surface area contributed by atoms with Gasteiger partial charge in [-0.2, -0.15) is 0 Å². The Kier molecular flexibility index (Phi) is 5.48. The van der Waals surface area contributed by atoms with Crippen molar-refractivity contribution in [2.45, 2.75) is 4.90 Å². The number of rotatable bonds is 6. The topological polar surface area (TPSA) is 72.9 Å². The van der Waals surface area contributed by atoms with Crippen LogP contribution in [0.25, 0.3) is 0 Å². The molecule has 0 aliphatic rings. The number of sulfonamides is 1. The van der Waals surface area contributed by atoms with Gasteiger partial charge in [0.15, 0.2) is 0 Å². The van der Waals surface area contributed by atoms with Crippen molar-refractivity contribution in [2.75, 3.05) is 18.5 Å². The van der Waals surface area contributed by atoms with Crippen molar-refractivity contribution < 1.29 is 22.7 Å². The van der Waals surface area contributed by atoms with Crippen LogP contribution in [0.15, 0.2) is 70.9 Å². The number of carbonyl (C=O) groups excluding carboxylic acids is 1. The van der Waals surface area contributed by atoms with Gasteiger partial charge in [0.1, 0.15) is 16.4 Å². The quantitative estimate of drug-likeness (QED) is 0.462. The second-order valence-electron chi connectivity index (χ2n) is 5.51. The molecule has 0 saturated carbocycles. The minimum atomic E-state index is -3.72. The Morgan fingerprint density at radius 1 is 0.963 bits per heavy atom. The molecule has 0 unspecified atom stereocenters. The summed E-state index contributed by atoms with van der Waals surface area (Å²) in [5.41, 5.74) is 0.446. The first kappa shape index (κ1) is 18.9. The van der Waals surface area contributed by atoms with Crippen LogP contribution < -0.4 is 13.8 Å². The van der Waals surface area contributed by atoms with E-state index in [2.05, 4.69) is 0 Å². The zero-order valence-electron chi connectivity index (χ0n) is 14.7. The fourth-order valence-corrected chi connectivity index (χ4v) is 4.12. The molecule has 0 saturated heterocycles. The predicted octanol–water partition coefficient (Wildman–Crippen LogP) is 3.80. The zero-order valence-corrected chi connectivity index (χ0v) is 16.3. The van der Waals surface area contributed by atoms with E-state index >= 15 is 0 Å². The summed E-state index contributed by atoms with van der Waals surface area (Å²) in [5, 5.41) is 1.79. The highest BCUT2D eigenvalue weighted by atomic mass is 32.2. The summed E-state index contributed by atoms with van der Waals surface area (Å²) in [5.74, 6) is 0.470. The van der Waals surface area contributed by atoms with Gasteiger partial charge in [0.2, 0.25) is 0 Å². The van der Waals surface area contributed by atoms with Gasteiger partial charge in [0.05, 0.1) is 17.7 Å². The number of carbonyl (C=O) groups is 1. The van der Waals surface area contributed by atoms with E-state index < -0.39 is 16.0 Å². The maximum Gasteiger partial charge on any atom is 0.353 e. The molecular weight excluding hydrogens is 386 g/mol. The molecule has 0 bridgehead atoms. The second kappa shape index (κ2) is 7.81. The highest BCUT2D eigenvalue weighted by Gasteiger charge is 2.21. The molecule has 8 heteroatoms. The van der Waals surface area contributed by atoms with Crippen molar-refractivity contribution in [3.63, 3.8) is 0 Å².